The molecule has 128 valence electrons. The summed E-state index contributed by atoms with van der Waals surface area (Å²) in [6.45, 7) is 7.29. The van der Waals surface area contributed by atoms with Gasteiger partial charge in [0.2, 0.25) is 0 Å². The molecule has 5 heteroatoms. The van der Waals surface area contributed by atoms with Crippen molar-refractivity contribution in [1.82, 2.24) is 10.6 Å². The Morgan fingerprint density at radius 1 is 1.52 bits per heavy atom. The van der Waals surface area contributed by atoms with Crippen molar-refractivity contribution in [3.05, 3.63) is 23.7 Å². The van der Waals surface area contributed by atoms with Crippen LogP contribution in [0.2, 0.25) is 0 Å². The third kappa shape index (κ3) is 3.71. The van der Waals surface area contributed by atoms with Crippen molar-refractivity contribution in [3.63, 3.8) is 0 Å². The summed E-state index contributed by atoms with van der Waals surface area (Å²) in [6, 6.07) is 2.12. The molecule has 0 saturated heterocycles. The first-order valence-electron chi connectivity index (χ1n) is 8.67. The topological polar surface area (TPSA) is 63.5 Å². The summed E-state index contributed by atoms with van der Waals surface area (Å²) in [6.07, 6.45) is 6.94. The number of furan rings is 1. The zero-order valence-electron chi connectivity index (χ0n) is 14.4. The summed E-state index contributed by atoms with van der Waals surface area (Å²) >= 11 is 0. The fraction of sp³-hybridized carbons (Fsp3) is 0.722. The van der Waals surface area contributed by atoms with E-state index in [0.29, 0.717) is 12.5 Å². The number of fused-ring (bicyclic) bond motifs is 2. The van der Waals surface area contributed by atoms with Crippen LogP contribution < -0.4 is 10.6 Å². The molecule has 2 atom stereocenters. The minimum Gasteiger partial charge on any atom is -0.469 e. The molecule has 1 fully saturated rings. The molecule has 1 aliphatic carbocycles. The third-order valence-corrected chi connectivity index (χ3v) is 4.86. The number of carbonyl (C=O) groups excluding carboxylic acids is 1. The van der Waals surface area contributed by atoms with Gasteiger partial charge in [0.05, 0.1) is 6.26 Å². The quantitative estimate of drug-likeness (QED) is 0.877. The Kier molecular flexibility index (Phi) is 4.41. The molecular weight excluding hydrogens is 292 g/mol. The van der Waals surface area contributed by atoms with Gasteiger partial charge in [-0.15, -0.1) is 0 Å². The van der Waals surface area contributed by atoms with Crippen LogP contribution in [0.25, 0.3) is 0 Å². The standard InChI is InChI=1S/C18H28N2O3/c1-17(2,3)23-16(21)19-12-13-5-4-8-18(11-13)14-7-10-22-15(14)6-9-20-18/h7,10,13,20H,4-6,8-9,11-12H2,1-3H3,(H,19,21). The SMILES string of the molecule is CC(C)(C)OC(=O)NCC1CCCC2(C1)NCCc1occc12. The van der Waals surface area contributed by atoms with Crippen LogP contribution in [0.15, 0.2) is 16.7 Å². The van der Waals surface area contributed by atoms with E-state index in [0.717, 1.165) is 44.4 Å². The van der Waals surface area contributed by atoms with E-state index >= 15 is 0 Å². The molecule has 2 N–H and O–H groups in total. The van der Waals surface area contributed by atoms with Gasteiger partial charge in [-0.2, -0.15) is 0 Å². The van der Waals surface area contributed by atoms with Crippen LogP contribution in [0, 0.1) is 5.92 Å². The lowest BCUT2D eigenvalue weighted by atomic mass is 9.70. The summed E-state index contributed by atoms with van der Waals surface area (Å²) in [5.74, 6) is 1.59. The Balaban J connectivity index is 1.61. The molecular formula is C18H28N2O3. The van der Waals surface area contributed by atoms with Crippen LogP contribution in [0.1, 0.15) is 57.8 Å². The first kappa shape index (κ1) is 16.4. The van der Waals surface area contributed by atoms with Crippen molar-refractivity contribution in [2.45, 2.75) is 64.0 Å². The minimum absolute atomic E-state index is 0.0269. The van der Waals surface area contributed by atoms with Crippen molar-refractivity contribution in [2.24, 2.45) is 5.92 Å². The molecule has 1 amide bonds. The van der Waals surface area contributed by atoms with Crippen molar-refractivity contribution >= 4 is 6.09 Å². The average Bonchev–Trinajstić information content (AvgIpc) is 2.94. The molecule has 2 heterocycles. The highest BCUT2D eigenvalue weighted by Gasteiger charge is 2.41. The average molecular weight is 320 g/mol. The largest absolute Gasteiger partial charge is 0.469 e. The molecule has 5 nitrogen and oxygen atoms in total. The Bertz CT molecular complexity index is 561. The maximum atomic E-state index is 11.9. The predicted molar refractivity (Wildman–Crippen MR) is 88.3 cm³/mol. The number of rotatable bonds is 2. The number of nitrogens with one attached hydrogen (secondary N) is 2. The molecule has 3 rings (SSSR count). The van der Waals surface area contributed by atoms with Crippen molar-refractivity contribution in [2.75, 3.05) is 13.1 Å². The molecule has 2 unspecified atom stereocenters. The minimum atomic E-state index is -0.450. The lowest BCUT2D eigenvalue weighted by Gasteiger charge is -2.44. The van der Waals surface area contributed by atoms with Crippen LogP contribution in [-0.2, 0) is 16.7 Å². The molecule has 1 aliphatic heterocycles. The lowest BCUT2D eigenvalue weighted by Crippen LogP contribution is -2.51. The molecule has 0 bridgehead atoms. The van der Waals surface area contributed by atoms with Gasteiger partial charge in [-0.05, 0) is 52.0 Å². The Morgan fingerprint density at radius 2 is 2.35 bits per heavy atom. The van der Waals surface area contributed by atoms with Crippen LogP contribution in [0.3, 0.4) is 0 Å². The molecule has 1 spiro atoms. The highest BCUT2D eigenvalue weighted by atomic mass is 16.6. The maximum absolute atomic E-state index is 11.9. The highest BCUT2D eigenvalue weighted by molar-refractivity contribution is 5.67. The number of ether oxygens (including phenoxy) is 1. The van der Waals surface area contributed by atoms with Gasteiger partial charge in [0.25, 0.3) is 0 Å². The molecule has 0 radical (unpaired) electrons. The van der Waals surface area contributed by atoms with Gasteiger partial charge in [-0.25, -0.2) is 4.79 Å². The third-order valence-electron chi connectivity index (χ3n) is 4.86. The fourth-order valence-electron chi connectivity index (χ4n) is 3.98. The van der Waals surface area contributed by atoms with E-state index in [9.17, 15) is 4.79 Å². The Morgan fingerprint density at radius 3 is 3.13 bits per heavy atom. The lowest BCUT2D eigenvalue weighted by molar-refractivity contribution is 0.0505. The number of hydrogen-bond donors (Lipinski definition) is 2. The number of alkyl carbamates (subject to hydrolysis) is 1. The van der Waals surface area contributed by atoms with E-state index in [1.807, 2.05) is 27.0 Å². The van der Waals surface area contributed by atoms with Gasteiger partial charge in [0.15, 0.2) is 0 Å². The highest BCUT2D eigenvalue weighted by Crippen LogP contribution is 2.43. The summed E-state index contributed by atoms with van der Waals surface area (Å²) in [5.41, 5.74) is 0.902. The van der Waals surface area contributed by atoms with Crippen LogP contribution in [-0.4, -0.2) is 24.8 Å². The van der Waals surface area contributed by atoms with Gasteiger partial charge in [-0.3, -0.25) is 0 Å². The van der Waals surface area contributed by atoms with Gasteiger partial charge >= 0.3 is 6.09 Å². The van der Waals surface area contributed by atoms with Gasteiger partial charge in [0, 0.05) is 30.6 Å². The molecule has 2 aliphatic rings. The van der Waals surface area contributed by atoms with Crippen LogP contribution in [0.4, 0.5) is 4.79 Å². The number of carbonyl (C=O) groups is 1. The Hall–Kier alpha value is -1.49. The second-order valence-corrected chi connectivity index (χ2v) is 7.86. The second kappa shape index (κ2) is 6.19. The molecule has 23 heavy (non-hydrogen) atoms. The van der Waals surface area contributed by atoms with Crippen LogP contribution in [0.5, 0.6) is 0 Å². The van der Waals surface area contributed by atoms with E-state index in [2.05, 4.69) is 16.7 Å². The number of amides is 1. The molecule has 0 aromatic carbocycles. The summed E-state index contributed by atoms with van der Waals surface area (Å²) in [4.78, 5) is 11.9. The first-order valence-corrected chi connectivity index (χ1v) is 8.67. The van der Waals surface area contributed by atoms with Crippen molar-refractivity contribution in [3.8, 4) is 0 Å². The van der Waals surface area contributed by atoms with Gasteiger partial charge in [0.1, 0.15) is 11.4 Å². The van der Waals surface area contributed by atoms with E-state index in [4.69, 9.17) is 9.15 Å². The fourth-order valence-corrected chi connectivity index (χ4v) is 3.98. The molecule has 1 aromatic heterocycles. The monoisotopic (exact) mass is 320 g/mol. The smallest absolute Gasteiger partial charge is 0.407 e. The van der Waals surface area contributed by atoms with Gasteiger partial charge in [-0.1, -0.05) is 6.42 Å². The zero-order chi connectivity index (χ0) is 16.5. The van der Waals surface area contributed by atoms with Gasteiger partial charge < -0.3 is 19.8 Å². The maximum Gasteiger partial charge on any atom is 0.407 e. The zero-order valence-corrected chi connectivity index (χ0v) is 14.4. The summed E-state index contributed by atoms with van der Waals surface area (Å²) < 4.78 is 11.0. The van der Waals surface area contributed by atoms with E-state index in [1.165, 1.54) is 5.56 Å². The molecule has 1 aromatic rings. The number of hydrogen-bond acceptors (Lipinski definition) is 4. The molecule has 1 saturated carbocycles. The van der Waals surface area contributed by atoms with E-state index < -0.39 is 5.60 Å². The Labute approximate surface area is 138 Å². The normalized spacial score (nSPS) is 27.5. The van der Waals surface area contributed by atoms with Crippen molar-refractivity contribution in [1.29, 1.82) is 0 Å². The van der Waals surface area contributed by atoms with Crippen molar-refractivity contribution < 1.29 is 13.9 Å². The van der Waals surface area contributed by atoms with E-state index in [1.54, 1.807) is 0 Å². The summed E-state index contributed by atoms with van der Waals surface area (Å²) in [5, 5.41) is 6.67. The first-order chi connectivity index (χ1) is 10.9. The second-order valence-electron chi connectivity index (χ2n) is 7.86. The van der Waals surface area contributed by atoms with E-state index in [-0.39, 0.29) is 11.6 Å². The predicted octanol–water partition coefficient (Wildman–Crippen LogP) is 3.34. The van der Waals surface area contributed by atoms with Crippen LogP contribution >= 0.6 is 0 Å². The summed E-state index contributed by atoms with van der Waals surface area (Å²) in [7, 11) is 0.